The standard InChI is InChI=1S/C15H29N3/c1-16(2)10-6-13-18(4,5)14-9-15-7-11-17(3)12-8-15/h7-8,11-12H,6,9-10,13-14H2,1-5H3/q+2. The second kappa shape index (κ2) is 6.86. The number of hydrogen-bond donors (Lipinski definition) is 0. The maximum Gasteiger partial charge on any atom is 0.168 e. The van der Waals surface area contributed by atoms with Crippen LogP contribution in [0.2, 0.25) is 0 Å². The highest BCUT2D eigenvalue weighted by atomic mass is 15.3. The van der Waals surface area contributed by atoms with Gasteiger partial charge in [0.2, 0.25) is 0 Å². The molecule has 0 saturated heterocycles. The zero-order valence-electron chi connectivity index (χ0n) is 12.7. The molecule has 102 valence electrons. The fourth-order valence-electron chi connectivity index (χ4n) is 2.06. The molecule has 0 amide bonds. The van der Waals surface area contributed by atoms with E-state index in [4.69, 9.17) is 0 Å². The van der Waals surface area contributed by atoms with Gasteiger partial charge in [0.05, 0.1) is 27.2 Å². The third-order valence-electron chi connectivity index (χ3n) is 3.42. The van der Waals surface area contributed by atoms with Gasteiger partial charge in [-0.15, -0.1) is 0 Å². The predicted octanol–water partition coefficient (Wildman–Crippen LogP) is 1.08. The minimum atomic E-state index is 1.11. The Bertz CT molecular complexity index is 341. The Kier molecular flexibility index (Phi) is 5.76. The molecule has 18 heavy (non-hydrogen) atoms. The SMILES string of the molecule is CN(C)CCC[N+](C)(C)CCc1cc[n+](C)cc1. The minimum absolute atomic E-state index is 1.11. The van der Waals surface area contributed by atoms with Gasteiger partial charge in [-0.25, -0.2) is 4.57 Å². The Hall–Kier alpha value is -0.930. The van der Waals surface area contributed by atoms with E-state index >= 15 is 0 Å². The van der Waals surface area contributed by atoms with Gasteiger partial charge >= 0.3 is 0 Å². The van der Waals surface area contributed by atoms with Gasteiger partial charge in [0.15, 0.2) is 12.4 Å². The molecule has 0 aliphatic carbocycles. The van der Waals surface area contributed by atoms with Crippen LogP contribution in [0.25, 0.3) is 0 Å². The number of pyridine rings is 1. The van der Waals surface area contributed by atoms with Gasteiger partial charge in [-0.2, -0.15) is 0 Å². The number of nitrogens with zero attached hydrogens (tertiary/aromatic N) is 3. The molecule has 3 nitrogen and oxygen atoms in total. The van der Waals surface area contributed by atoms with Crippen LogP contribution in [0.15, 0.2) is 24.5 Å². The monoisotopic (exact) mass is 251 g/mol. The van der Waals surface area contributed by atoms with Crippen LogP contribution in [0.5, 0.6) is 0 Å². The lowest BCUT2D eigenvalue weighted by Gasteiger charge is -2.30. The Balaban J connectivity index is 2.34. The molecule has 1 aromatic rings. The third kappa shape index (κ3) is 6.12. The molecule has 0 N–H and O–H groups in total. The molecule has 0 atom stereocenters. The van der Waals surface area contributed by atoms with E-state index in [0.717, 1.165) is 10.9 Å². The molecular weight excluding hydrogens is 222 g/mol. The van der Waals surface area contributed by atoms with Crippen LogP contribution in [0.4, 0.5) is 0 Å². The molecule has 0 aliphatic heterocycles. The summed E-state index contributed by atoms with van der Waals surface area (Å²) in [6, 6.07) is 4.44. The van der Waals surface area contributed by atoms with E-state index < -0.39 is 0 Å². The van der Waals surface area contributed by atoms with Gasteiger partial charge in [-0.1, -0.05) is 0 Å². The highest BCUT2D eigenvalue weighted by Crippen LogP contribution is 2.05. The van der Waals surface area contributed by atoms with Crippen molar-refractivity contribution in [2.75, 3.05) is 47.8 Å². The maximum absolute atomic E-state index is 2.33. The summed E-state index contributed by atoms with van der Waals surface area (Å²) in [7, 11) is 11.0. The molecule has 0 aromatic carbocycles. The molecule has 3 heteroatoms. The summed E-state index contributed by atoms with van der Waals surface area (Å²) < 4.78 is 3.19. The van der Waals surface area contributed by atoms with E-state index in [0.29, 0.717) is 0 Å². The van der Waals surface area contributed by atoms with Gasteiger partial charge in [0.1, 0.15) is 7.05 Å². The molecule has 0 spiro atoms. The number of aryl methyl sites for hydroxylation is 1. The molecule has 1 aromatic heterocycles. The first kappa shape index (κ1) is 15.1. The number of likely N-dealkylation sites (N-methyl/N-ethyl adjacent to an activating group) is 1. The second-order valence-corrected chi connectivity index (χ2v) is 6.16. The molecule has 0 saturated carbocycles. The molecule has 0 radical (unpaired) electrons. The lowest BCUT2D eigenvalue weighted by molar-refractivity contribution is -0.890. The Morgan fingerprint density at radius 1 is 1.11 bits per heavy atom. The fourth-order valence-corrected chi connectivity index (χ4v) is 2.06. The Morgan fingerprint density at radius 3 is 2.28 bits per heavy atom. The van der Waals surface area contributed by atoms with E-state index in [1.54, 1.807) is 0 Å². The number of rotatable bonds is 7. The topological polar surface area (TPSA) is 7.12 Å². The van der Waals surface area contributed by atoms with Crippen molar-refractivity contribution in [3.05, 3.63) is 30.1 Å². The van der Waals surface area contributed by atoms with Crippen LogP contribution in [0.3, 0.4) is 0 Å². The van der Waals surface area contributed by atoms with E-state index in [-0.39, 0.29) is 0 Å². The smallest absolute Gasteiger partial charge is 0.168 e. The average Bonchev–Trinajstić information content (AvgIpc) is 2.27. The lowest BCUT2D eigenvalue weighted by Crippen LogP contribution is -2.43. The summed E-state index contributed by atoms with van der Waals surface area (Å²) in [5, 5.41) is 0. The van der Waals surface area contributed by atoms with Gasteiger partial charge in [-0.05, 0) is 19.7 Å². The molecule has 0 unspecified atom stereocenters. The van der Waals surface area contributed by atoms with E-state index in [2.05, 4.69) is 69.2 Å². The second-order valence-electron chi connectivity index (χ2n) is 6.16. The maximum atomic E-state index is 2.33. The average molecular weight is 251 g/mol. The van der Waals surface area contributed by atoms with Crippen molar-refractivity contribution in [2.45, 2.75) is 12.8 Å². The van der Waals surface area contributed by atoms with Crippen LogP contribution < -0.4 is 4.57 Å². The van der Waals surface area contributed by atoms with E-state index in [1.807, 2.05) is 0 Å². The lowest BCUT2D eigenvalue weighted by atomic mass is 10.2. The summed E-state index contributed by atoms with van der Waals surface area (Å²) in [4.78, 5) is 2.26. The van der Waals surface area contributed by atoms with Crippen molar-refractivity contribution in [2.24, 2.45) is 7.05 Å². The molecule has 1 heterocycles. The molecule has 0 fully saturated rings. The quantitative estimate of drug-likeness (QED) is 0.520. The highest BCUT2D eigenvalue weighted by Gasteiger charge is 2.14. The summed E-state index contributed by atoms with van der Waals surface area (Å²) >= 11 is 0. The first-order valence-corrected chi connectivity index (χ1v) is 6.80. The summed E-state index contributed by atoms with van der Waals surface area (Å²) in [6.07, 6.45) is 6.68. The Labute approximate surface area is 112 Å². The molecule has 0 bridgehead atoms. The summed E-state index contributed by atoms with van der Waals surface area (Å²) in [6.45, 7) is 3.64. The van der Waals surface area contributed by atoms with Crippen molar-refractivity contribution >= 4 is 0 Å². The van der Waals surface area contributed by atoms with Crippen LogP contribution in [0, 0.1) is 0 Å². The number of hydrogen-bond acceptors (Lipinski definition) is 1. The van der Waals surface area contributed by atoms with Gasteiger partial charge < -0.3 is 9.38 Å². The number of aromatic nitrogens is 1. The van der Waals surface area contributed by atoms with Crippen LogP contribution in [-0.2, 0) is 13.5 Å². The van der Waals surface area contributed by atoms with Crippen LogP contribution in [0.1, 0.15) is 12.0 Å². The van der Waals surface area contributed by atoms with Crippen molar-refractivity contribution in [1.82, 2.24) is 4.90 Å². The van der Waals surface area contributed by atoms with Crippen molar-refractivity contribution in [1.29, 1.82) is 0 Å². The van der Waals surface area contributed by atoms with Crippen LogP contribution in [-0.4, -0.2) is 57.2 Å². The molecular formula is C15H29N3+2. The first-order chi connectivity index (χ1) is 8.39. The summed E-state index contributed by atoms with van der Waals surface area (Å²) in [5.41, 5.74) is 1.44. The normalized spacial score (nSPS) is 12.1. The van der Waals surface area contributed by atoms with E-state index in [1.165, 1.54) is 31.6 Å². The van der Waals surface area contributed by atoms with Crippen molar-refractivity contribution in [3.63, 3.8) is 0 Å². The van der Waals surface area contributed by atoms with Crippen LogP contribution >= 0.6 is 0 Å². The largest absolute Gasteiger partial charge is 0.328 e. The van der Waals surface area contributed by atoms with Crippen molar-refractivity contribution in [3.8, 4) is 0 Å². The summed E-state index contributed by atoms with van der Waals surface area (Å²) in [5.74, 6) is 0. The van der Waals surface area contributed by atoms with Gasteiger partial charge in [-0.3, -0.25) is 0 Å². The predicted molar refractivity (Wildman–Crippen MR) is 76.3 cm³/mol. The number of quaternary nitrogens is 1. The molecule has 0 aliphatic rings. The zero-order chi connectivity index (χ0) is 13.6. The van der Waals surface area contributed by atoms with Gasteiger partial charge in [0.25, 0.3) is 0 Å². The minimum Gasteiger partial charge on any atom is -0.328 e. The first-order valence-electron chi connectivity index (χ1n) is 6.80. The van der Waals surface area contributed by atoms with E-state index in [9.17, 15) is 0 Å². The van der Waals surface area contributed by atoms with Gasteiger partial charge in [0, 0.05) is 31.5 Å². The fraction of sp³-hybridized carbons (Fsp3) is 0.667. The van der Waals surface area contributed by atoms with Crippen molar-refractivity contribution < 1.29 is 9.05 Å². The zero-order valence-corrected chi connectivity index (χ0v) is 12.7. The third-order valence-corrected chi connectivity index (χ3v) is 3.42. The highest BCUT2D eigenvalue weighted by molar-refractivity contribution is 5.07. The Morgan fingerprint density at radius 2 is 1.72 bits per heavy atom. The molecule has 1 rings (SSSR count).